The summed E-state index contributed by atoms with van der Waals surface area (Å²) in [4.78, 5) is 0. The van der Waals surface area contributed by atoms with Crippen LogP contribution in [0.25, 0.3) is 0 Å². The Morgan fingerprint density at radius 1 is 1.00 bits per heavy atom. The van der Waals surface area contributed by atoms with Crippen LogP contribution in [-0.2, 0) is 0 Å². The van der Waals surface area contributed by atoms with Gasteiger partial charge in [-0.05, 0) is 42.9 Å². The third kappa shape index (κ3) is 2.73. The molecule has 2 fully saturated rings. The fourth-order valence-electron chi connectivity index (χ4n) is 2.82. The maximum absolute atomic E-state index is 8.95. The summed E-state index contributed by atoms with van der Waals surface area (Å²) in [6.45, 7) is 2.72. The summed E-state index contributed by atoms with van der Waals surface area (Å²) < 4.78 is 0. The topological polar surface area (TPSA) is 20.2 Å². The first-order valence-corrected chi connectivity index (χ1v) is 6.46. The van der Waals surface area contributed by atoms with E-state index in [1.165, 1.54) is 44.9 Å². The molecule has 0 saturated heterocycles. The average Bonchev–Trinajstić information content (AvgIpc) is 3.06. The Morgan fingerprint density at radius 2 is 1.71 bits per heavy atom. The molecule has 0 aliphatic heterocycles. The van der Waals surface area contributed by atoms with Crippen LogP contribution in [-0.4, -0.2) is 11.7 Å². The summed E-state index contributed by atoms with van der Waals surface area (Å²) in [5, 5.41) is 8.95. The Labute approximate surface area is 87.9 Å². The zero-order chi connectivity index (χ0) is 9.97. The Balaban J connectivity index is 1.50. The van der Waals surface area contributed by atoms with Crippen LogP contribution < -0.4 is 0 Å². The molecule has 0 amide bonds. The lowest BCUT2D eigenvalue weighted by molar-refractivity contribution is 0.266. The maximum Gasteiger partial charge on any atom is 0.0462 e. The number of aliphatic hydroxyl groups excluding tert-OH is 1. The molecule has 0 aromatic rings. The number of rotatable bonds is 7. The second kappa shape index (κ2) is 4.65. The van der Waals surface area contributed by atoms with Crippen molar-refractivity contribution in [2.75, 3.05) is 6.61 Å². The first-order chi connectivity index (χ1) is 6.85. The molecule has 1 nitrogen and oxygen atoms in total. The molecule has 2 aliphatic rings. The van der Waals surface area contributed by atoms with Gasteiger partial charge in [0.2, 0.25) is 0 Å². The van der Waals surface area contributed by atoms with Crippen LogP contribution in [0.3, 0.4) is 0 Å². The molecule has 82 valence electrons. The van der Waals surface area contributed by atoms with E-state index in [2.05, 4.69) is 6.92 Å². The van der Waals surface area contributed by atoms with Gasteiger partial charge in [0.25, 0.3) is 0 Å². The van der Waals surface area contributed by atoms with E-state index in [0.717, 1.165) is 17.8 Å². The van der Waals surface area contributed by atoms with Crippen molar-refractivity contribution in [1.29, 1.82) is 0 Å². The van der Waals surface area contributed by atoms with Crippen molar-refractivity contribution in [3.05, 3.63) is 0 Å². The van der Waals surface area contributed by atoms with Gasteiger partial charge in [-0.15, -0.1) is 0 Å². The van der Waals surface area contributed by atoms with Crippen molar-refractivity contribution in [3.63, 3.8) is 0 Å². The van der Waals surface area contributed by atoms with Gasteiger partial charge in [-0.2, -0.15) is 0 Å². The molecule has 0 unspecified atom stereocenters. The molecule has 0 spiro atoms. The minimum Gasteiger partial charge on any atom is -0.396 e. The van der Waals surface area contributed by atoms with Gasteiger partial charge in [0.1, 0.15) is 0 Å². The monoisotopic (exact) mass is 196 g/mol. The molecule has 0 radical (unpaired) electrons. The molecule has 2 aliphatic carbocycles. The quantitative estimate of drug-likeness (QED) is 0.620. The predicted molar refractivity (Wildman–Crippen MR) is 59.0 cm³/mol. The van der Waals surface area contributed by atoms with Crippen LogP contribution in [0.4, 0.5) is 0 Å². The van der Waals surface area contributed by atoms with E-state index in [1.807, 2.05) is 0 Å². The lowest BCUT2D eigenvalue weighted by Gasteiger charge is -1.99. The van der Waals surface area contributed by atoms with Crippen molar-refractivity contribution in [3.8, 4) is 0 Å². The van der Waals surface area contributed by atoms with Gasteiger partial charge in [-0.3, -0.25) is 0 Å². The summed E-state index contributed by atoms with van der Waals surface area (Å²) in [5.41, 5.74) is 0. The van der Waals surface area contributed by atoms with Gasteiger partial charge in [0.15, 0.2) is 0 Å². The normalized spacial score (nSPS) is 39.9. The lowest BCUT2D eigenvalue weighted by Crippen LogP contribution is -1.91. The molecule has 1 N–H and O–H groups in total. The van der Waals surface area contributed by atoms with E-state index in [0.29, 0.717) is 12.5 Å². The minimum absolute atomic E-state index is 0.442. The van der Waals surface area contributed by atoms with E-state index in [-0.39, 0.29) is 0 Å². The Kier molecular flexibility index (Phi) is 3.48. The summed E-state index contributed by atoms with van der Waals surface area (Å²) >= 11 is 0. The maximum atomic E-state index is 8.95. The number of hydrogen-bond donors (Lipinski definition) is 1. The Hall–Kier alpha value is -0.0400. The standard InChI is InChI=1S/C13H24O/c1-2-3-4-5-10-6-11(10)7-12-8-13(12)9-14/h10-14H,2-9H2,1H3/t10-,11-,12-,13-/m1/s1. The summed E-state index contributed by atoms with van der Waals surface area (Å²) in [5.74, 6) is 3.71. The van der Waals surface area contributed by atoms with E-state index in [9.17, 15) is 0 Å². The zero-order valence-corrected chi connectivity index (χ0v) is 9.41. The number of unbranched alkanes of at least 4 members (excludes halogenated alkanes) is 2. The van der Waals surface area contributed by atoms with E-state index in [1.54, 1.807) is 0 Å². The van der Waals surface area contributed by atoms with Crippen LogP contribution in [0.15, 0.2) is 0 Å². The third-order valence-electron chi connectivity index (χ3n) is 4.16. The van der Waals surface area contributed by atoms with Crippen LogP contribution in [0.2, 0.25) is 0 Å². The Morgan fingerprint density at radius 3 is 2.36 bits per heavy atom. The van der Waals surface area contributed by atoms with Crippen molar-refractivity contribution >= 4 is 0 Å². The van der Waals surface area contributed by atoms with Crippen molar-refractivity contribution in [2.24, 2.45) is 23.7 Å². The molecule has 2 saturated carbocycles. The lowest BCUT2D eigenvalue weighted by atomic mass is 10.1. The molecule has 1 heteroatoms. The van der Waals surface area contributed by atoms with Gasteiger partial charge < -0.3 is 5.11 Å². The molecule has 0 aromatic heterocycles. The zero-order valence-electron chi connectivity index (χ0n) is 9.41. The van der Waals surface area contributed by atoms with Gasteiger partial charge in [0.05, 0.1) is 0 Å². The third-order valence-corrected chi connectivity index (χ3v) is 4.16. The number of aliphatic hydroxyl groups is 1. The van der Waals surface area contributed by atoms with Crippen LogP contribution in [0.5, 0.6) is 0 Å². The highest BCUT2D eigenvalue weighted by Crippen LogP contribution is 2.53. The summed E-state index contributed by atoms with van der Waals surface area (Å²) in [6, 6.07) is 0. The molecule has 14 heavy (non-hydrogen) atoms. The molecule has 0 heterocycles. The molecule has 0 aromatic carbocycles. The fourth-order valence-corrected chi connectivity index (χ4v) is 2.82. The SMILES string of the molecule is CCCCC[C@@H]1C[C@@H]1C[C@@H]1C[C@@H]1CO. The van der Waals surface area contributed by atoms with Crippen molar-refractivity contribution in [2.45, 2.75) is 51.9 Å². The van der Waals surface area contributed by atoms with Gasteiger partial charge in [0, 0.05) is 6.61 Å². The summed E-state index contributed by atoms with van der Waals surface area (Å²) in [6.07, 6.45) is 9.95. The predicted octanol–water partition coefficient (Wildman–Crippen LogP) is 3.22. The first kappa shape index (κ1) is 10.5. The highest BCUT2D eigenvalue weighted by molar-refractivity contribution is 4.94. The van der Waals surface area contributed by atoms with E-state index >= 15 is 0 Å². The molecular weight excluding hydrogens is 172 g/mol. The smallest absolute Gasteiger partial charge is 0.0462 e. The second-order valence-electron chi connectivity index (χ2n) is 5.43. The van der Waals surface area contributed by atoms with Gasteiger partial charge >= 0.3 is 0 Å². The van der Waals surface area contributed by atoms with Crippen LogP contribution >= 0.6 is 0 Å². The highest BCUT2D eigenvalue weighted by Gasteiger charge is 2.44. The fraction of sp³-hybridized carbons (Fsp3) is 1.00. The van der Waals surface area contributed by atoms with Crippen LogP contribution in [0, 0.1) is 23.7 Å². The second-order valence-corrected chi connectivity index (χ2v) is 5.43. The van der Waals surface area contributed by atoms with E-state index in [4.69, 9.17) is 5.11 Å². The first-order valence-electron chi connectivity index (χ1n) is 6.46. The van der Waals surface area contributed by atoms with Gasteiger partial charge in [-0.1, -0.05) is 32.6 Å². The Bertz CT molecular complexity index is 178. The minimum atomic E-state index is 0.442. The molecular formula is C13H24O. The molecule has 2 rings (SSSR count). The highest BCUT2D eigenvalue weighted by atomic mass is 16.3. The number of hydrogen-bond acceptors (Lipinski definition) is 1. The molecule has 0 bridgehead atoms. The van der Waals surface area contributed by atoms with Gasteiger partial charge in [-0.25, -0.2) is 0 Å². The largest absolute Gasteiger partial charge is 0.396 e. The van der Waals surface area contributed by atoms with E-state index < -0.39 is 0 Å². The molecule has 4 atom stereocenters. The van der Waals surface area contributed by atoms with Crippen molar-refractivity contribution < 1.29 is 5.11 Å². The van der Waals surface area contributed by atoms with Crippen LogP contribution in [0.1, 0.15) is 51.9 Å². The average molecular weight is 196 g/mol. The summed E-state index contributed by atoms with van der Waals surface area (Å²) in [7, 11) is 0. The van der Waals surface area contributed by atoms with Crippen molar-refractivity contribution in [1.82, 2.24) is 0 Å².